The van der Waals surface area contributed by atoms with E-state index in [0.717, 1.165) is 13.0 Å². The van der Waals surface area contributed by atoms with Crippen LogP contribution in [0.3, 0.4) is 0 Å². The van der Waals surface area contributed by atoms with E-state index in [1.165, 1.54) is 0 Å². The van der Waals surface area contributed by atoms with Crippen molar-refractivity contribution in [3.63, 3.8) is 0 Å². The number of alkyl halides is 3. The summed E-state index contributed by atoms with van der Waals surface area (Å²) >= 11 is 0. The van der Waals surface area contributed by atoms with Crippen LogP contribution in [0, 0.1) is 11.8 Å². The van der Waals surface area contributed by atoms with Crippen molar-refractivity contribution in [3.8, 4) is 0 Å². The van der Waals surface area contributed by atoms with Crippen molar-refractivity contribution < 1.29 is 17.9 Å². The molecule has 108 valence electrons. The van der Waals surface area contributed by atoms with Crippen LogP contribution in [0.1, 0.15) is 39.0 Å². The predicted octanol–water partition coefficient (Wildman–Crippen LogP) is 3.37. The van der Waals surface area contributed by atoms with Crippen LogP contribution in [-0.4, -0.2) is 32.5 Å². The minimum absolute atomic E-state index is 0.186. The summed E-state index contributed by atoms with van der Waals surface area (Å²) in [5.74, 6) is -0.784. The van der Waals surface area contributed by atoms with E-state index in [1.807, 2.05) is 14.0 Å². The van der Waals surface area contributed by atoms with Crippen molar-refractivity contribution in [2.45, 2.75) is 51.2 Å². The summed E-state index contributed by atoms with van der Waals surface area (Å²) in [5, 5.41) is 3.18. The van der Waals surface area contributed by atoms with Gasteiger partial charge in [0.2, 0.25) is 0 Å². The molecule has 0 aromatic rings. The van der Waals surface area contributed by atoms with Gasteiger partial charge in [0.05, 0.1) is 12.5 Å². The minimum atomic E-state index is -4.02. The number of halogens is 3. The van der Waals surface area contributed by atoms with E-state index in [2.05, 4.69) is 5.32 Å². The minimum Gasteiger partial charge on any atom is -0.380 e. The number of rotatable bonds is 6. The molecule has 1 fully saturated rings. The molecular formula is C13H24F3NO. The number of nitrogens with one attached hydrogen (secondary N) is 1. The van der Waals surface area contributed by atoms with E-state index in [4.69, 9.17) is 4.74 Å². The molecule has 0 amide bonds. The van der Waals surface area contributed by atoms with Crippen molar-refractivity contribution in [3.05, 3.63) is 0 Å². The molecule has 1 rings (SSSR count). The van der Waals surface area contributed by atoms with E-state index in [9.17, 15) is 13.2 Å². The zero-order chi connectivity index (χ0) is 13.6. The predicted molar refractivity (Wildman–Crippen MR) is 65.5 cm³/mol. The first-order chi connectivity index (χ1) is 8.49. The summed E-state index contributed by atoms with van der Waals surface area (Å²) in [6.45, 7) is 3.37. The number of hydrogen-bond acceptors (Lipinski definition) is 2. The molecule has 0 bridgehead atoms. The first-order valence-corrected chi connectivity index (χ1v) is 6.80. The van der Waals surface area contributed by atoms with Crippen molar-refractivity contribution in [2.24, 2.45) is 11.8 Å². The summed E-state index contributed by atoms with van der Waals surface area (Å²) in [7, 11) is 1.86. The van der Waals surface area contributed by atoms with Crippen LogP contribution in [0.15, 0.2) is 0 Å². The van der Waals surface area contributed by atoms with Gasteiger partial charge in [-0.2, -0.15) is 13.2 Å². The average molecular weight is 267 g/mol. The summed E-state index contributed by atoms with van der Waals surface area (Å²) in [6.07, 6.45) is -1.23. The highest BCUT2D eigenvalue weighted by atomic mass is 19.4. The van der Waals surface area contributed by atoms with Crippen molar-refractivity contribution in [1.82, 2.24) is 5.32 Å². The molecule has 0 radical (unpaired) electrons. The third-order valence-corrected chi connectivity index (χ3v) is 3.82. The van der Waals surface area contributed by atoms with Gasteiger partial charge in [0, 0.05) is 12.6 Å². The molecule has 0 aliphatic heterocycles. The third-order valence-electron chi connectivity index (χ3n) is 3.82. The van der Waals surface area contributed by atoms with Gasteiger partial charge in [-0.15, -0.1) is 0 Å². The molecule has 2 nitrogen and oxygen atoms in total. The third kappa shape index (κ3) is 4.76. The van der Waals surface area contributed by atoms with Crippen LogP contribution in [0.2, 0.25) is 0 Å². The SMILES string of the molecule is CCCOCC(NC)C1CCC(C(F)(F)F)CC1. The van der Waals surface area contributed by atoms with Crippen molar-refractivity contribution in [1.29, 1.82) is 0 Å². The lowest BCUT2D eigenvalue weighted by molar-refractivity contribution is -0.184. The van der Waals surface area contributed by atoms with Gasteiger partial charge in [-0.05, 0) is 45.1 Å². The van der Waals surface area contributed by atoms with Crippen LogP contribution in [0.4, 0.5) is 13.2 Å². The Balaban J connectivity index is 2.35. The van der Waals surface area contributed by atoms with Gasteiger partial charge in [-0.25, -0.2) is 0 Å². The Hall–Kier alpha value is -0.290. The molecule has 5 heteroatoms. The Morgan fingerprint density at radius 3 is 2.28 bits per heavy atom. The van der Waals surface area contributed by atoms with E-state index in [0.29, 0.717) is 25.4 Å². The van der Waals surface area contributed by atoms with Gasteiger partial charge in [0.15, 0.2) is 0 Å². The highest BCUT2D eigenvalue weighted by Gasteiger charge is 2.42. The molecule has 0 heterocycles. The van der Waals surface area contributed by atoms with Gasteiger partial charge >= 0.3 is 6.18 Å². The van der Waals surface area contributed by atoms with Gasteiger partial charge in [-0.1, -0.05) is 6.92 Å². The zero-order valence-electron chi connectivity index (χ0n) is 11.2. The fraction of sp³-hybridized carbons (Fsp3) is 1.00. The van der Waals surface area contributed by atoms with E-state index in [1.54, 1.807) is 0 Å². The topological polar surface area (TPSA) is 21.3 Å². The smallest absolute Gasteiger partial charge is 0.380 e. The first kappa shape index (κ1) is 15.8. The molecule has 0 spiro atoms. The summed E-state index contributed by atoms with van der Waals surface area (Å²) in [5.41, 5.74) is 0. The van der Waals surface area contributed by atoms with Crippen LogP contribution in [0.25, 0.3) is 0 Å². The number of ether oxygens (including phenoxy) is 1. The standard InChI is InChI=1S/C13H24F3NO/c1-3-8-18-9-12(17-2)10-4-6-11(7-5-10)13(14,15)16/h10-12,17H,3-9H2,1-2H3. The van der Waals surface area contributed by atoms with Crippen LogP contribution in [-0.2, 0) is 4.74 Å². The lowest BCUT2D eigenvalue weighted by Gasteiger charge is -2.34. The van der Waals surface area contributed by atoms with Gasteiger partial charge in [-0.3, -0.25) is 0 Å². The van der Waals surface area contributed by atoms with Crippen LogP contribution < -0.4 is 5.32 Å². The molecule has 0 saturated heterocycles. The fourth-order valence-electron chi connectivity index (χ4n) is 2.66. The second kappa shape index (κ2) is 7.34. The van der Waals surface area contributed by atoms with E-state index in [-0.39, 0.29) is 18.9 Å². The molecule has 0 aromatic heterocycles. The Kier molecular flexibility index (Phi) is 6.43. The second-order valence-electron chi connectivity index (χ2n) is 5.12. The van der Waals surface area contributed by atoms with Crippen LogP contribution >= 0.6 is 0 Å². The molecule has 1 atom stereocenters. The number of hydrogen-bond donors (Lipinski definition) is 1. The summed E-state index contributed by atoms with van der Waals surface area (Å²) < 4.78 is 43.2. The molecule has 1 saturated carbocycles. The highest BCUT2D eigenvalue weighted by Crippen LogP contribution is 2.40. The molecule has 1 N–H and O–H groups in total. The normalized spacial score (nSPS) is 27.2. The van der Waals surface area contributed by atoms with Crippen molar-refractivity contribution >= 4 is 0 Å². The van der Waals surface area contributed by atoms with E-state index >= 15 is 0 Å². The second-order valence-corrected chi connectivity index (χ2v) is 5.12. The maximum atomic E-state index is 12.6. The fourth-order valence-corrected chi connectivity index (χ4v) is 2.66. The molecule has 1 unspecified atom stereocenters. The zero-order valence-corrected chi connectivity index (χ0v) is 11.2. The van der Waals surface area contributed by atoms with Gasteiger partial charge in [0.1, 0.15) is 0 Å². The highest BCUT2D eigenvalue weighted by molar-refractivity contribution is 4.83. The number of likely N-dealkylation sites (N-methyl/N-ethyl adjacent to an activating group) is 1. The molecule has 1 aliphatic carbocycles. The summed E-state index contributed by atoms with van der Waals surface area (Å²) in [4.78, 5) is 0. The first-order valence-electron chi connectivity index (χ1n) is 6.80. The van der Waals surface area contributed by atoms with E-state index < -0.39 is 12.1 Å². The lowest BCUT2D eigenvalue weighted by atomic mass is 9.78. The maximum Gasteiger partial charge on any atom is 0.391 e. The quantitative estimate of drug-likeness (QED) is 0.745. The Labute approximate surface area is 107 Å². The Bertz CT molecular complexity index is 225. The Morgan fingerprint density at radius 2 is 1.83 bits per heavy atom. The van der Waals surface area contributed by atoms with Crippen LogP contribution in [0.5, 0.6) is 0 Å². The molecule has 18 heavy (non-hydrogen) atoms. The van der Waals surface area contributed by atoms with Gasteiger partial charge in [0.25, 0.3) is 0 Å². The molecule has 1 aliphatic rings. The van der Waals surface area contributed by atoms with Crippen molar-refractivity contribution in [2.75, 3.05) is 20.3 Å². The molecular weight excluding hydrogens is 243 g/mol. The average Bonchev–Trinajstić information content (AvgIpc) is 2.34. The Morgan fingerprint density at radius 1 is 1.22 bits per heavy atom. The lowest BCUT2D eigenvalue weighted by Crippen LogP contribution is -2.41. The maximum absolute atomic E-state index is 12.6. The van der Waals surface area contributed by atoms with Gasteiger partial charge < -0.3 is 10.1 Å². The summed E-state index contributed by atoms with van der Waals surface area (Å²) in [6, 6.07) is 0.186. The largest absolute Gasteiger partial charge is 0.391 e. The monoisotopic (exact) mass is 267 g/mol. The molecule has 0 aromatic carbocycles.